The van der Waals surface area contributed by atoms with Crippen LogP contribution in [0.3, 0.4) is 0 Å². The van der Waals surface area contributed by atoms with Crippen LogP contribution >= 0.6 is 10.8 Å². The van der Waals surface area contributed by atoms with Crippen LogP contribution in [0.25, 0.3) is 11.0 Å². The Labute approximate surface area is 265 Å². The minimum absolute atomic E-state index is 0.106. The number of aryl methyl sites for hydroxylation is 3. The summed E-state index contributed by atoms with van der Waals surface area (Å²) in [6.07, 6.45) is 3.18. The van der Waals surface area contributed by atoms with Crippen LogP contribution in [0.15, 0.2) is 53.6 Å². The highest BCUT2D eigenvalue weighted by molar-refractivity contribution is 8.22. The lowest BCUT2D eigenvalue weighted by molar-refractivity contribution is -0.121. The first-order valence-electron chi connectivity index (χ1n) is 15.4. The number of nitrogens with one attached hydrogen (secondary N) is 1. The molecule has 238 valence electrons. The predicted molar refractivity (Wildman–Crippen MR) is 174 cm³/mol. The van der Waals surface area contributed by atoms with E-state index in [0.29, 0.717) is 38.9 Å². The summed E-state index contributed by atoms with van der Waals surface area (Å²) in [5.74, 6) is -0.146. The van der Waals surface area contributed by atoms with Crippen molar-refractivity contribution in [3.63, 3.8) is 0 Å². The number of nitrogens with zero attached hydrogens (tertiary/aromatic N) is 6. The highest BCUT2D eigenvalue weighted by Gasteiger charge is 2.36. The number of fused-ring (bicyclic) bond motifs is 2. The topological polar surface area (TPSA) is 149 Å². The van der Waals surface area contributed by atoms with Gasteiger partial charge in [-0.15, -0.1) is 15.9 Å². The number of unbranched alkanes of at least 4 members (excludes halogenated alkanes) is 1. The number of nitriles is 1. The minimum atomic E-state index is -3.39. The van der Waals surface area contributed by atoms with E-state index in [9.17, 15) is 13.9 Å². The van der Waals surface area contributed by atoms with E-state index in [1.165, 1.54) is 0 Å². The maximum absolute atomic E-state index is 13.2. The molecule has 0 radical (unpaired) electrons. The summed E-state index contributed by atoms with van der Waals surface area (Å²) in [5, 5.41) is 20.6. The highest BCUT2D eigenvalue weighted by Crippen LogP contribution is 2.57. The molecule has 2 aromatic heterocycles. The Kier molecular flexibility index (Phi) is 10.0. The first-order valence-corrected chi connectivity index (χ1v) is 16.9. The van der Waals surface area contributed by atoms with Crippen LogP contribution in [-0.4, -0.2) is 58.5 Å². The maximum atomic E-state index is 13.2. The summed E-state index contributed by atoms with van der Waals surface area (Å²) in [4.78, 5) is 17.8. The molecule has 0 bridgehead atoms. The molecule has 12 heteroatoms. The average molecular weight is 632 g/mol. The molecule has 3 heterocycles. The van der Waals surface area contributed by atoms with Gasteiger partial charge in [0.1, 0.15) is 16.5 Å². The largest absolute Gasteiger partial charge is 0.472 e. The lowest BCUT2D eigenvalue weighted by Gasteiger charge is -2.41. The monoisotopic (exact) mass is 631 g/mol. The fourth-order valence-electron chi connectivity index (χ4n) is 5.83. The van der Waals surface area contributed by atoms with Crippen molar-refractivity contribution in [2.24, 2.45) is 0 Å². The lowest BCUT2D eigenvalue weighted by Crippen LogP contribution is -2.34. The third-order valence-corrected chi connectivity index (χ3v) is 10.4. The summed E-state index contributed by atoms with van der Waals surface area (Å²) in [5.41, 5.74) is 6.54. The van der Waals surface area contributed by atoms with Gasteiger partial charge in [-0.3, -0.25) is 13.9 Å². The van der Waals surface area contributed by atoms with Gasteiger partial charge < -0.3 is 10.1 Å². The molecular weight excluding hydrogens is 590 g/mol. The quantitative estimate of drug-likeness (QED) is 0.167. The average Bonchev–Trinajstić information content (AvgIpc) is 3.42. The van der Waals surface area contributed by atoms with Gasteiger partial charge in [-0.2, -0.15) is 9.57 Å². The molecule has 11 nitrogen and oxygen atoms in total. The number of ether oxygens (including phenoxy) is 1. The molecule has 3 N–H and O–H groups in total. The van der Waals surface area contributed by atoms with Gasteiger partial charge in [0.15, 0.2) is 0 Å². The standard InChI is InChI=1S/C33H41N7O4S/c1-5-26-21-39(45(42,43)30-10-9-17-36-33(30)44-26)20-25-18-24(12-11-22(25)3)28(19-31(41)35-16-8-7-15-34)27-13-14-29-32(23(27)4)37-38-40(29)6-2/h9-14,17-18,26,28,42-43H,5-8,16,19-21H2,1-4H3,(H,35,41). The van der Waals surface area contributed by atoms with Crippen LogP contribution in [0.2, 0.25) is 0 Å². The fraction of sp³-hybridized carbons (Fsp3) is 0.424. The smallest absolute Gasteiger partial charge is 0.239 e. The summed E-state index contributed by atoms with van der Waals surface area (Å²) in [7, 11) is -3.39. The van der Waals surface area contributed by atoms with Crippen molar-refractivity contribution in [3.05, 3.63) is 76.5 Å². The van der Waals surface area contributed by atoms with Crippen LogP contribution in [0, 0.1) is 25.2 Å². The van der Waals surface area contributed by atoms with Gasteiger partial charge in [-0.1, -0.05) is 36.4 Å². The van der Waals surface area contributed by atoms with Gasteiger partial charge in [0.05, 0.1) is 18.1 Å². The molecule has 5 rings (SSSR count). The SMILES string of the molecule is CCC1CN(Cc2cc(C(CC(=O)NCCCC#N)c3ccc4c(nnn4CC)c3C)ccc2C)S(O)(O)c2cccnc2O1. The highest BCUT2D eigenvalue weighted by atomic mass is 32.3. The van der Waals surface area contributed by atoms with Crippen molar-refractivity contribution < 1.29 is 18.6 Å². The Morgan fingerprint density at radius 1 is 1.22 bits per heavy atom. The predicted octanol–water partition coefficient (Wildman–Crippen LogP) is 6.10. The van der Waals surface area contributed by atoms with Crippen LogP contribution < -0.4 is 10.1 Å². The van der Waals surface area contributed by atoms with Crippen molar-refractivity contribution in [1.29, 1.82) is 5.26 Å². The molecule has 2 atom stereocenters. The van der Waals surface area contributed by atoms with Crippen molar-refractivity contribution in [2.45, 2.75) is 83.4 Å². The summed E-state index contributed by atoms with van der Waals surface area (Å²) < 4.78 is 32.7. The number of aromatic nitrogens is 4. The molecule has 0 aliphatic carbocycles. The van der Waals surface area contributed by atoms with Crippen LogP contribution in [0.1, 0.15) is 73.3 Å². The Balaban J connectivity index is 1.52. The molecule has 4 aromatic rings. The number of rotatable bonds is 11. The number of carbonyl (C=O) groups excluding carboxylic acids is 1. The van der Waals surface area contributed by atoms with Crippen molar-refractivity contribution in [3.8, 4) is 11.9 Å². The zero-order chi connectivity index (χ0) is 32.1. The molecule has 1 aliphatic heterocycles. The van der Waals surface area contributed by atoms with Gasteiger partial charge in [0.2, 0.25) is 11.8 Å². The molecule has 45 heavy (non-hydrogen) atoms. The van der Waals surface area contributed by atoms with E-state index in [4.69, 9.17) is 10.00 Å². The van der Waals surface area contributed by atoms with Crippen LogP contribution in [0.4, 0.5) is 0 Å². The number of hydrogen-bond acceptors (Lipinski definition) is 9. The Hall–Kier alpha value is -4.02. The molecule has 0 spiro atoms. The summed E-state index contributed by atoms with van der Waals surface area (Å²) >= 11 is 0. The molecule has 1 aliphatic rings. The van der Waals surface area contributed by atoms with Gasteiger partial charge in [-0.05, 0) is 79.6 Å². The second kappa shape index (κ2) is 14.0. The van der Waals surface area contributed by atoms with Gasteiger partial charge >= 0.3 is 0 Å². The van der Waals surface area contributed by atoms with Crippen molar-refractivity contribution in [2.75, 3.05) is 13.1 Å². The van der Waals surface area contributed by atoms with E-state index in [-0.39, 0.29) is 41.7 Å². The van der Waals surface area contributed by atoms with Gasteiger partial charge in [0, 0.05) is 44.6 Å². The molecule has 0 saturated heterocycles. The van der Waals surface area contributed by atoms with Crippen molar-refractivity contribution in [1.82, 2.24) is 29.6 Å². The summed E-state index contributed by atoms with van der Waals surface area (Å²) in [6.45, 7) is 9.76. The molecule has 2 aromatic carbocycles. The Bertz CT molecular complexity index is 1720. The second-order valence-corrected chi connectivity index (χ2v) is 13.4. The molecule has 0 fully saturated rings. The lowest BCUT2D eigenvalue weighted by atomic mass is 9.84. The molecule has 0 saturated carbocycles. The second-order valence-electron chi connectivity index (χ2n) is 11.4. The van der Waals surface area contributed by atoms with E-state index < -0.39 is 10.8 Å². The van der Waals surface area contributed by atoms with Crippen molar-refractivity contribution >= 4 is 27.7 Å². The number of hydrogen-bond donors (Lipinski definition) is 3. The first-order chi connectivity index (χ1) is 21.7. The van der Waals surface area contributed by atoms with E-state index >= 15 is 0 Å². The minimum Gasteiger partial charge on any atom is -0.472 e. The zero-order valence-corrected chi connectivity index (χ0v) is 27.0. The summed E-state index contributed by atoms with van der Waals surface area (Å²) in [6, 6.07) is 15.7. The fourth-order valence-corrected chi connectivity index (χ4v) is 7.40. The van der Waals surface area contributed by atoms with Crippen LogP contribution in [-0.2, 0) is 17.9 Å². The third-order valence-electron chi connectivity index (χ3n) is 8.49. The van der Waals surface area contributed by atoms with E-state index in [2.05, 4.69) is 38.8 Å². The number of amides is 1. The van der Waals surface area contributed by atoms with E-state index in [1.54, 1.807) is 22.6 Å². The maximum Gasteiger partial charge on any atom is 0.239 e. The number of carbonyl (C=O) groups is 1. The molecule has 1 amide bonds. The Morgan fingerprint density at radius 3 is 2.80 bits per heavy atom. The number of pyridine rings is 1. The van der Waals surface area contributed by atoms with Crippen LogP contribution in [0.5, 0.6) is 5.88 Å². The zero-order valence-electron chi connectivity index (χ0n) is 26.2. The van der Waals surface area contributed by atoms with Gasteiger partial charge in [-0.25, -0.2) is 9.67 Å². The first kappa shape index (κ1) is 32.4. The third kappa shape index (κ3) is 6.82. The number of benzene rings is 2. The normalized spacial score (nSPS) is 17.5. The van der Waals surface area contributed by atoms with Gasteiger partial charge in [0.25, 0.3) is 0 Å². The molecule has 2 unspecified atom stereocenters. The Morgan fingerprint density at radius 2 is 2.04 bits per heavy atom. The van der Waals surface area contributed by atoms with E-state index in [1.807, 2.05) is 50.6 Å². The molecular formula is C33H41N7O4S. The van der Waals surface area contributed by atoms with E-state index in [0.717, 1.165) is 38.9 Å².